The molecule has 0 radical (unpaired) electrons. The van der Waals surface area contributed by atoms with Crippen LogP contribution in [0.1, 0.15) is 77.6 Å². The zero-order valence-corrected chi connectivity index (χ0v) is 14.6. The summed E-state index contributed by atoms with van der Waals surface area (Å²) in [6.07, 6.45) is 15.1. The molecular formula is C20H32O3. The van der Waals surface area contributed by atoms with E-state index in [2.05, 4.69) is 12.2 Å². The van der Waals surface area contributed by atoms with E-state index >= 15 is 0 Å². The third-order valence-corrected chi connectivity index (χ3v) is 5.16. The Bertz CT molecular complexity index is 409. The van der Waals surface area contributed by atoms with Gasteiger partial charge < -0.3 is 4.74 Å². The van der Waals surface area contributed by atoms with Crippen molar-refractivity contribution in [2.75, 3.05) is 6.61 Å². The second-order valence-electron chi connectivity index (χ2n) is 7.26. The van der Waals surface area contributed by atoms with E-state index in [9.17, 15) is 9.59 Å². The normalized spacial score (nSPS) is 33.3. The van der Waals surface area contributed by atoms with Crippen LogP contribution in [0, 0.1) is 11.8 Å². The summed E-state index contributed by atoms with van der Waals surface area (Å²) in [5, 5.41) is 0. The Morgan fingerprint density at radius 2 is 1.70 bits per heavy atom. The Hall–Kier alpha value is -0.960. The first-order valence-corrected chi connectivity index (χ1v) is 9.49. The molecule has 0 spiro atoms. The van der Waals surface area contributed by atoms with E-state index in [-0.39, 0.29) is 11.8 Å². The predicted molar refractivity (Wildman–Crippen MR) is 92.3 cm³/mol. The van der Waals surface area contributed by atoms with E-state index in [4.69, 9.17) is 4.74 Å². The highest BCUT2D eigenvalue weighted by Crippen LogP contribution is 2.26. The summed E-state index contributed by atoms with van der Waals surface area (Å²) in [5.74, 6) is 0.949. The standard InChI is InChI=1S/C20H32O3/c1-16-10-7-5-3-2-4-6-8-11-17(14-18-15-23-18)20(22)13-9-12-19(16)21/h3,5,16-18H,2,4,6-15H2,1H3/b5-3+. The molecule has 3 atom stereocenters. The number of carbonyl (C=O) groups excluding carboxylic acids is 2. The van der Waals surface area contributed by atoms with E-state index in [0.717, 1.165) is 51.6 Å². The highest BCUT2D eigenvalue weighted by atomic mass is 16.6. The molecule has 0 bridgehead atoms. The predicted octanol–water partition coefficient (Wildman–Crippen LogP) is 4.64. The summed E-state index contributed by atoms with van der Waals surface area (Å²) in [4.78, 5) is 24.6. The molecule has 1 heterocycles. The zero-order valence-electron chi connectivity index (χ0n) is 14.6. The molecule has 0 aromatic carbocycles. The molecule has 3 heteroatoms. The molecule has 23 heavy (non-hydrogen) atoms. The molecule has 0 aromatic rings. The van der Waals surface area contributed by atoms with Crippen LogP contribution in [0.25, 0.3) is 0 Å². The molecule has 1 aliphatic carbocycles. The lowest BCUT2D eigenvalue weighted by Gasteiger charge is -2.15. The molecule has 2 rings (SSSR count). The average Bonchev–Trinajstić information content (AvgIpc) is 3.34. The van der Waals surface area contributed by atoms with Crippen LogP contribution in [-0.2, 0) is 14.3 Å². The van der Waals surface area contributed by atoms with Gasteiger partial charge in [0.05, 0.1) is 12.7 Å². The quantitative estimate of drug-likeness (QED) is 0.550. The number of hydrogen-bond donors (Lipinski definition) is 0. The second kappa shape index (κ2) is 10.0. The van der Waals surface area contributed by atoms with Crippen LogP contribution in [0.4, 0.5) is 0 Å². The molecule has 1 aliphatic heterocycles. The Labute approximate surface area is 140 Å². The first-order chi connectivity index (χ1) is 11.2. The van der Waals surface area contributed by atoms with Gasteiger partial charge in [0, 0.05) is 24.7 Å². The zero-order chi connectivity index (χ0) is 16.5. The molecule has 0 amide bonds. The Balaban J connectivity index is 1.86. The van der Waals surface area contributed by atoms with Gasteiger partial charge in [-0.15, -0.1) is 0 Å². The number of carbonyl (C=O) groups is 2. The van der Waals surface area contributed by atoms with Crippen molar-refractivity contribution in [3.05, 3.63) is 12.2 Å². The SMILES string of the molecule is CC1CC/C=C/CCCCCC(CC2CO2)C(=O)CCCC1=O. The van der Waals surface area contributed by atoms with E-state index in [1.54, 1.807) is 0 Å². The minimum atomic E-state index is 0.123. The van der Waals surface area contributed by atoms with Gasteiger partial charge in [-0.3, -0.25) is 9.59 Å². The van der Waals surface area contributed by atoms with Crippen LogP contribution in [0.15, 0.2) is 12.2 Å². The highest BCUT2D eigenvalue weighted by molar-refractivity contribution is 5.83. The van der Waals surface area contributed by atoms with Gasteiger partial charge in [0.1, 0.15) is 11.6 Å². The minimum Gasteiger partial charge on any atom is -0.373 e. The smallest absolute Gasteiger partial charge is 0.136 e. The van der Waals surface area contributed by atoms with Crippen molar-refractivity contribution < 1.29 is 14.3 Å². The van der Waals surface area contributed by atoms with Crippen LogP contribution in [0.3, 0.4) is 0 Å². The van der Waals surface area contributed by atoms with E-state index < -0.39 is 0 Å². The summed E-state index contributed by atoms with van der Waals surface area (Å²) in [5.41, 5.74) is 0. The summed E-state index contributed by atoms with van der Waals surface area (Å²) < 4.78 is 5.31. The monoisotopic (exact) mass is 320 g/mol. The molecule has 1 saturated heterocycles. The van der Waals surface area contributed by atoms with E-state index in [0.29, 0.717) is 30.5 Å². The van der Waals surface area contributed by atoms with Gasteiger partial charge in [0.2, 0.25) is 0 Å². The fourth-order valence-corrected chi connectivity index (χ4v) is 3.39. The van der Waals surface area contributed by atoms with Crippen molar-refractivity contribution in [2.24, 2.45) is 11.8 Å². The van der Waals surface area contributed by atoms with Gasteiger partial charge in [-0.05, 0) is 44.9 Å². The van der Waals surface area contributed by atoms with Gasteiger partial charge in [-0.1, -0.05) is 31.9 Å². The lowest BCUT2D eigenvalue weighted by molar-refractivity contribution is -0.124. The van der Waals surface area contributed by atoms with Gasteiger partial charge >= 0.3 is 0 Å². The Morgan fingerprint density at radius 3 is 2.48 bits per heavy atom. The van der Waals surface area contributed by atoms with Crippen molar-refractivity contribution >= 4 is 11.6 Å². The molecule has 0 saturated carbocycles. The van der Waals surface area contributed by atoms with Crippen molar-refractivity contribution in [1.29, 1.82) is 0 Å². The van der Waals surface area contributed by atoms with Crippen molar-refractivity contribution in [3.8, 4) is 0 Å². The highest BCUT2D eigenvalue weighted by Gasteiger charge is 2.29. The molecule has 0 aromatic heterocycles. The first-order valence-electron chi connectivity index (χ1n) is 9.49. The summed E-state index contributed by atoms with van der Waals surface area (Å²) in [6, 6.07) is 0. The van der Waals surface area contributed by atoms with Gasteiger partial charge in [0.15, 0.2) is 0 Å². The molecule has 3 unspecified atom stereocenters. The fourth-order valence-electron chi connectivity index (χ4n) is 3.39. The molecule has 3 nitrogen and oxygen atoms in total. The maximum atomic E-state index is 12.5. The second-order valence-corrected chi connectivity index (χ2v) is 7.26. The van der Waals surface area contributed by atoms with Crippen molar-refractivity contribution in [1.82, 2.24) is 0 Å². The van der Waals surface area contributed by atoms with Crippen molar-refractivity contribution in [2.45, 2.75) is 83.7 Å². The maximum Gasteiger partial charge on any atom is 0.136 e. The van der Waals surface area contributed by atoms with Crippen molar-refractivity contribution in [3.63, 3.8) is 0 Å². The van der Waals surface area contributed by atoms with E-state index in [1.165, 1.54) is 12.8 Å². The Kier molecular flexibility index (Phi) is 8.01. The maximum absolute atomic E-state index is 12.5. The number of hydrogen-bond acceptors (Lipinski definition) is 3. The topological polar surface area (TPSA) is 46.7 Å². The van der Waals surface area contributed by atoms with E-state index in [1.807, 2.05) is 6.92 Å². The van der Waals surface area contributed by atoms with Crippen LogP contribution in [0.2, 0.25) is 0 Å². The number of allylic oxidation sites excluding steroid dienone is 2. The number of epoxide rings is 1. The molecule has 0 N–H and O–H groups in total. The average molecular weight is 320 g/mol. The number of ether oxygens (including phenoxy) is 1. The van der Waals surface area contributed by atoms with Crippen LogP contribution < -0.4 is 0 Å². The lowest BCUT2D eigenvalue weighted by Crippen LogP contribution is -2.18. The van der Waals surface area contributed by atoms with Crippen LogP contribution >= 0.6 is 0 Å². The number of rotatable bonds is 2. The van der Waals surface area contributed by atoms with Gasteiger partial charge in [-0.2, -0.15) is 0 Å². The summed E-state index contributed by atoms with van der Waals surface area (Å²) in [7, 11) is 0. The lowest BCUT2D eigenvalue weighted by atomic mass is 9.88. The minimum absolute atomic E-state index is 0.123. The Morgan fingerprint density at radius 1 is 0.957 bits per heavy atom. The van der Waals surface area contributed by atoms with Crippen LogP contribution in [-0.4, -0.2) is 24.3 Å². The third kappa shape index (κ3) is 7.43. The third-order valence-electron chi connectivity index (χ3n) is 5.16. The summed E-state index contributed by atoms with van der Waals surface area (Å²) in [6.45, 7) is 2.85. The summed E-state index contributed by atoms with van der Waals surface area (Å²) >= 11 is 0. The number of ketones is 2. The van der Waals surface area contributed by atoms with Gasteiger partial charge in [0.25, 0.3) is 0 Å². The molecular weight excluding hydrogens is 288 g/mol. The first kappa shape index (κ1) is 18.4. The largest absolute Gasteiger partial charge is 0.373 e. The molecule has 130 valence electrons. The molecule has 2 aliphatic rings. The van der Waals surface area contributed by atoms with Crippen LogP contribution in [0.5, 0.6) is 0 Å². The molecule has 1 fully saturated rings. The fraction of sp³-hybridized carbons (Fsp3) is 0.800. The number of Topliss-reactive ketones (excluding diaryl/α,β-unsaturated/α-hetero) is 2. The van der Waals surface area contributed by atoms with Gasteiger partial charge in [-0.25, -0.2) is 0 Å².